The van der Waals surface area contributed by atoms with E-state index in [-0.39, 0.29) is 17.9 Å². The third-order valence-electron chi connectivity index (χ3n) is 3.30. The molecule has 2 amide bonds. The Kier molecular flexibility index (Phi) is 4.68. The number of aromatic nitrogens is 1. The minimum absolute atomic E-state index is 0.0601. The van der Waals surface area contributed by atoms with Crippen LogP contribution in [0.25, 0.3) is 0 Å². The lowest BCUT2D eigenvalue weighted by Gasteiger charge is -2.34. The maximum absolute atomic E-state index is 12.2. The Balaban J connectivity index is 1.88. The highest BCUT2D eigenvalue weighted by Crippen LogP contribution is 2.08. The van der Waals surface area contributed by atoms with Gasteiger partial charge in [-0.2, -0.15) is 0 Å². The lowest BCUT2D eigenvalue weighted by Crippen LogP contribution is -2.51. The third kappa shape index (κ3) is 3.54. The molecule has 0 spiro atoms. The van der Waals surface area contributed by atoms with E-state index in [9.17, 15) is 9.59 Å². The molecule has 1 unspecified atom stereocenters. The fourth-order valence-corrected chi connectivity index (χ4v) is 2.21. The molecule has 108 valence electrons. The van der Waals surface area contributed by atoms with Crippen LogP contribution in [0.3, 0.4) is 0 Å². The summed E-state index contributed by atoms with van der Waals surface area (Å²) in [6.45, 7) is 4.02. The van der Waals surface area contributed by atoms with Crippen molar-refractivity contribution in [2.45, 2.75) is 19.4 Å². The molecule has 2 N–H and O–H groups in total. The summed E-state index contributed by atoms with van der Waals surface area (Å²) >= 11 is 0. The normalized spacial score (nSPS) is 16.9. The smallest absolute Gasteiger partial charge is 0.272 e. The van der Waals surface area contributed by atoms with Crippen LogP contribution < -0.4 is 5.73 Å². The van der Waals surface area contributed by atoms with Crippen molar-refractivity contribution < 1.29 is 9.59 Å². The van der Waals surface area contributed by atoms with Crippen molar-refractivity contribution in [3.63, 3.8) is 0 Å². The van der Waals surface area contributed by atoms with Crippen molar-refractivity contribution in [1.82, 2.24) is 14.8 Å². The molecule has 2 heterocycles. The molecule has 0 radical (unpaired) electrons. The van der Waals surface area contributed by atoms with Crippen molar-refractivity contribution >= 4 is 11.8 Å². The Labute approximate surface area is 118 Å². The van der Waals surface area contributed by atoms with Crippen LogP contribution >= 0.6 is 0 Å². The van der Waals surface area contributed by atoms with Crippen LogP contribution in [0.1, 0.15) is 23.8 Å². The van der Waals surface area contributed by atoms with Gasteiger partial charge in [0.1, 0.15) is 5.69 Å². The van der Waals surface area contributed by atoms with Gasteiger partial charge in [-0.25, -0.2) is 0 Å². The van der Waals surface area contributed by atoms with Crippen molar-refractivity contribution in [2.75, 3.05) is 26.2 Å². The number of pyridine rings is 1. The first kappa shape index (κ1) is 14.5. The SMILES string of the molecule is CC(N)CC(=O)N1CCN(C(=O)c2ccccn2)CC1. The van der Waals surface area contributed by atoms with Crippen LogP contribution in [0.4, 0.5) is 0 Å². The van der Waals surface area contributed by atoms with Gasteiger partial charge >= 0.3 is 0 Å². The zero-order valence-electron chi connectivity index (χ0n) is 11.7. The van der Waals surface area contributed by atoms with Crippen LogP contribution in [-0.2, 0) is 4.79 Å². The van der Waals surface area contributed by atoms with E-state index < -0.39 is 0 Å². The van der Waals surface area contributed by atoms with E-state index in [0.717, 1.165) is 0 Å². The first-order chi connectivity index (χ1) is 9.58. The molecule has 1 aromatic heterocycles. The van der Waals surface area contributed by atoms with Crippen molar-refractivity contribution in [3.05, 3.63) is 30.1 Å². The van der Waals surface area contributed by atoms with E-state index in [1.807, 2.05) is 6.92 Å². The number of carbonyl (C=O) groups excluding carboxylic acids is 2. The van der Waals surface area contributed by atoms with Gasteiger partial charge in [0.25, 0.3) is 5.91 Å². The lowest BCUT2D eigenvalue weighted by molar-refractivity contribution is -0.132. The Morgan fingerprint density at radius 2 is 1.90 bits per heavy atom. The summed E-state index contributed by atoms with van der Waals surface area (Å²) in [5.74, 6) is -0.0187. The van der Waals surface area contributed by atoms with Crippen LogP contribution in [0.15, 0.2) is 24.4 Å². The molecule has 1 aromatic rings. The molecule has 1 fully saturated rings. The van der Waals surface area contributed by atoms with Crippen LogP contribution in [0.5, 0.6) is 0 Å². The summed E-state index contributed by atoms with van der Waals surface area (Å²) in [6, 6.07) is 5.15. The summed E-state index contributed by atoms with van der Waals surface area (Å²) in [5.41, 5.74) is 6.08. The van der Waals surface area contributed by atoms with E-state index in [0.29, 0.717) is 38.3 Å². The zero-order chi connectivity index (χ0) is 14.5. The summed E-state index contributed by atoms with van der Waals surface area (Å²) < 4.78 is 0. The molecule has 6 heteroatoms. The number of nitrogens with two attached hydrogens (primary N) is 1. The van der Waals surface area contributed by atoms with Gasteiger partial charge in [-0.05, 0) is 19.1 Å². The highest BCUT2D eigenvalue weighted by atomic mass is 16.2. The molecule has 6 nitrogen and oxygen atoms in total. The molecule has 0 saturated carbocycles. The van der Waals surface area contributed by atoms with Crippen molar-refractivity contribution in [3.8, 4) is 0 Å². The molecule has 20 heavy (non-hydrogen) atoms. The maximum atomic E-state index is 12.2. The summed E-state index contributed by atoms with van der Waals surface area (Å²) in [7, 11) is 0. The van der Waals surface area contributed by atoms with Crippen LogP contribution in [-0.4, -0.2) is 58.8 Å². The fourth-order valence-electron chi connectivity index (χ4n) is 2.21. The minimum atomic E-state index is -0.129. The van der Waals surface area contributed by atoms with Gasteiger partial charge < -0.3 is 15.5 Å². The van der Waals surface area contributed by atoms with Gasteiger partial charge in [0.2, 0.25) is 5.91 Å². The Hall–Kier alpha value is -1.95. The van der Waals surface area contributed by atoms with Crippen molar-refractivity contribution in [2.24, 2.45) is 5.73 Å². The van der Waals surface area contributed by atoms with Gasteiger partial charge in [0.15, 0.2) is 0 Å². The molecular weight excluding hydrogens is 256 g/mol. The first-order valence-electron chi connectivity index (χ1n) is 6.81. The lowest BCUT2D eigenvalue weighted by atomic mass is 10.2. The molecule has 1 aliphatic heterocycles. The second-order valence-electron chi connectivity index (χ2n) is 5.07. The second-order valence-corrected chi connectivity index (χ2v) is 5.07. The molecule has 1 aliphatic rings. The van der Waals surface area contributed by atoms with Gasteiger partial charge in [0, 0.05) is 44.8 Å². The minimum Gasteiger partial charge on any atom is -0.339 e. The molecule has 2 rings (SSSR count). The highest BCUT2D eigenvalue weighted by molar-refractivity contribution is 5.92. The zero-order valence-corrected chi connectivity index (χ0v) is 11.7. The standard InChI is InChI=1S/C14H20N4O2/c1-11(15)10-13(19)17-6-8-18(9-7-17)14(20)12-4-2-3-5-16-12/h2-5,11H,6-10,15H2,1H3. The van der Waals surface area contributed by atoms with Crippen LogP contribution in [0, 0.1) is 0 Å². The van der Waals surface area contributed by atoms with Gasteiger partial charge in [-0.1, -0.05) is 6.07 Å². The summed E-state index contributed by atoms with van der Waals surface area (Å²) in [6.07, 6.45) is 1.96. The fraction of sp³-hybridized carbons (Fsp3) is 0.500. The molecule has 0 aromatic carbocycles. The predicted molar refractivity (Wildman–Crippen MR) is 75.0 cm³/mol. The average molecular weight is 276 g/mol. The van der Waals surface area contributed by atoms with E-state index >= 15 is 0 Å². The van der Waals surface area contributed by atoms with E-state index in [1.54, 1.807) is 34.2 Å². The summed E-state index contributed by atoms with van der Waals surface area (Å²) in [4.78, 5) is 31.6. The highest BCUT2D eigenvalue weighted by Gasteiger charge is 2.25. The number of carbonyl (C=O) groups is 2. The Bertz CT molecular complexity index is 467. The van der Waals surface area contributed by atoms with Crippen LogP contribution in [0.2, 0.25) is 0 Å². The number of nitrogens with zero attached hydrogens (tertiary/aromatic N) is 3. The van der Waals surface area contributed by atoms with E-state index in [2.05, 4.69) is 4.98 Å². The number of hydrogen-bond donors (Lipinski definition) is 1. The average Bonchev–Trinajstić information content (AvgIpc) is 2.47. The number of amides is 2. The summed E-state index contributed by atoms with van der Waals surface area (Å²) in [5, 5.41) is 0. The van der Waals surface area contributed by atoms with Gasteiger partial charge in [-0.3, -0.25) is 14.6 Å². The van der Waals surface area contributed by atoms with Gasteiger partial charge in [-0.15, -0.1) is 0 Å². The molecule has 1 saturated heterocycles. The van der Waals surface area contributed by atoms with Crippen molar-refractivity contribution in [1.29, 1.82) is 0 Å². The Morgan fingerprint density at radius 3 is 2.45 bits per heavy atom. The number of rotatable bonds is 3. The largest absolute Gasteiger partial charge is 0.339 e. The topological polar surface area (TPSA) is 79.5 Å². The maximum Gasteiger partial charge on any atom is 0.272 e. The monoisotopic (exact) mass is 276 g/mol. The second kappa shape index (κ2) is 6.47. The molecule has 0 bridgehead atoms. The predicted octanol–water partition coefficient (Wildman–Crippen LogP) is 0.103. The molecule has 0 aliphatic carbocycles. The third-order valence-corrected chi connectivity index (χ3v) is 3.30. The first-order valence-corrected chi connectivity index (χ1v) is 6.81. The molecular formula is C14H20N4O2. The number of hydrogen-bond acceptors (Lipinski definition) is 4. The van der Waals surface area contributed by atoms with Gasteiger partial charge in [0.05, 0.1) is 0 Å². The quantitative estimate of drug-likeness (QED) is 0.849. The van der Waals surface area contributed by atoms with E-state index in [4.69, 9.17) is 5.73 Å². The molecule has 1 atom stereocenters. The number of piperazine rings is 1. The van der Waals surface area contributed by atoms with E-state index in [1.165, 1.54) is 0 Å². The Morgan fingerprint density at radius 1 is 1.25 bits per heavy atom.